The van der Waals surface area contributed by atoms with E-state index >= 15 is 0 Å². The Balaban J connectivity index is 1.96. The van der Waals surface area contributed by atoms with Crippen molar-refractivity contribution in [2.24, 2.45) is 4.99 Å². The van der Waals surface area contributed by atoms with Crippen molar-refractivity contribution >= 4 is 5.96 Å². The molecule has 1 unspecified atom stereocenters. The van der Waals surface area contributed by atoms with Gasteiger partial charge in [0, 0.05) is 19.7 Å². The monoisotopic (exact) mass is 305 g/mol. The molecule has 5 nitrogen and oxygen atoms in total. The number of aryl methyl sites for hydroxylation is 2. The summed E-state index contributed by atoms with van der Waals surface area (Å²) >= 11 is 0. The van der Waals surface area contributed by atoms with Crippen LogP contribution in [0.5, 0.6) is 5.75 Å². The van der Waals surface area contributed by atoms with E-state index in [1.165, 1.54) is 0 Å². The lowest BCUT2D eigenvalue weighted by atomic mass is 10.1. The van der Waals surface area contributed by atoms with Gasteiger partial charge in [-0.15, -0.1) is 0 Å². The molecule has 1 aliphatic rings. The molecule has 3 N–H and O–H groups in total. The maximum absolute atomic E-state index is 9.82. The van der Waals surface area contributed by atoms with E-state index < -0.39 is 0 Å². The molecule has 0 bridgehead atoms. The highest BCUT2D eigenvalue weighted by Gasteiger charge is 2.15. The predicted octanol–water partition coefficient (Wildman–Crippen LogP) is 2.24. The first-order chi connectivity index (χ1) is 10.6. The Morgan fingerprint density at radius 3 is 2.64 bits per heavy atom. The lowest BCUT2D eigenvalue weighted by molar-refractivity contribution is 0.114. The molecule has 2 rings (SSSR count). The molecule has 0 radical (unpaired) electrons. The van der Waals surface area contributed by atoms with E-state index in [9.17, 15) is 5.11 Å². The van der Waals surface area contributed by atoms with E-state index in [4.69, 9.17) is 4.74 Å². The van der Waals surface area contributed by atoms with Gasteiger partial charge < -0.3 is 20.5 Å². The van der Waals surface area contributed by atoms with E-state index in [-0.39, 0.29) is 0 Å². The highest BCUT2D eigenvalue weighted by Crippen LogP contribution is 2.23. The second kappa shape index (κ2) is 8.03. The fourth-order valence-electron chi connectivity index (χ4n) is 2.66. The molecular formula is C17H27N3O2. The molecule has 1 aliphatic heterocycles. The van der Waals surface area contributed by atoms with Crippen LogP contribution in [0, 0.1) is 13.8 Å². The highest BCUT2D eigenvalue weighted by atomic mass is 16.5. The van der Waals surface area contributed by atoms with Crippen molar-refractivity contribution in [1.82, 2.24) is 10.6 Å². The summed E-state index contributed by atoms with van der Waals surface area (Å²) in [6.07, 6.45) is 2.55. The maximum Gasteiger partial charge on any atom is 0.191 e. The molecule has 1 atom stereocenters. The summed E-state index contributed by atoms with van der Waals surface area (Å²) in [5.74, 6) is 1.18. The van der Waals surface area contributed by atoms with Crippen LogP contribution in [0.3, 0.4) is 0 Å². The van der Waals surface area contributed by atoms with E-state index in [2.05, 4.69) is 22.5 Å². The van der Waals surface area contributed by atoms with Crippen molar-refractivity contribution in [3.05, 3.63) is 28.8 Å². The first-order valence-electron chi connectivity index (χ1n) is 8.03. The van der Waals surface area contributed by atoms with Gasteiger partial charge in [0.1, 0.15) is 5.75 Å². The fraction of sp³-hybridized carbons (Fsp3) is 0.588. The number of guanidine groups is 1. The number of ether oxygens (including phenoxy) is 1. The van der Waals surface area contributed by atoms with Gasteiger partial charge in [-0.3, -0.25) is 0 Å². The predicted molar refractivity (Wildman–Crippen MR) is 89.4 cm³/mol. The third-order valence-electron chi connectivity index (χ3n) is 3.84. The number of hydrogen-bond acceptors (Lipinski definition) is 3. The topological polar surface area (TPSA) is 65.9 Å². The van der Waals surface area contributed by atoms with Gasteiger partial charge in [-0.25, -0.2) is 4.99 Å². The zero-order valence-electron chi connectivity index (χ0n) is 13.8. The number of aliphatic imine (C=N–C) groups is 1. The van der Waals surface area contributed by atoms with Gasteiger partial charge in [0.25, 0.3) is 0 Å². The highest BCUT2D eigenvalue weighted by molar-refractivity contribution is 5.79. The summed E-state index contributed by atoms with van der Waals surface area (Å²) in [7, 11) is 0. The molecule has 1 aromatic rings. The zero-order chi connectivity index (χ0) is 15.9. The van der Waals surface area contributed by atoms with Crippen LogP contribution >= 0.6 is 0 Å². The van der Waals surface area contributed by atoms with Gasteiger partial charge in [0.05, 0.1) is 12.6 Å². The van der Waals surface area contributed by atoms with Gasteiger partial charge in [-0.05, 0) is 50.3 Å². The van der Waals surface area contributed by atoms with Gasteiger partial charge in [-0.2, -0.15) is 0 Å². The Kier molecular flexibility index (Phi) is 6.07. The number of rotatable bonds is 5. The lowest BCUT2D eigenvalue weighted by Gasteiger charge is -2.15. The molecular weight excluding hydrogens is 278 g/mol. The Hall–Kier alpha value is -1.75. The lowest BCUT2D eigenvalue weighted by Crippen LogP contribution is -2.41. The molecule has 0 aliphatic carbocycles. The second-order valence-corrected chi connectivity index (χ2v) is 5.79. The molecule has 1 saturated heterocycles. The molecule has 122 valence electrons. The van der Waals surface area contributed by atoms with E-state index in [1.54, 1.807) is 0 Å². The van der Waals surface area contributed by atoms with Crippen molar-refractivity contribution in [2.75, 3.05) is 19.7 Å². The third kappa shape index (κ3) is 4.63. The fourth-order valence-corrected chi connectivity index (χ4v) is 2.66. The molecule has 0 amide bonds. The number of nitrogens with zero attached hydrogens (tertiary/aromatic N) is 1. The van der Waals surface area contributed by atoms with Gasteiger partial charge >= 0.3 is 0 Å². The number of phenols is 1. The minimum Gasteiger partial charge on any atom is -0.507 e. The second-order valence-electron chi connectivity index (χ2n) is 5.79. The molecule has 1 heterocycles. The normalized spacial score (nSPS) is 18.5. The first kappa shape index (κ1) is 16.6. The number of benzene rings is 1. The average molecular weight is 305 g/mol. The Morgan fingerprint density at radius 1 is 1.32 bits per heavy atom. The maximum atomic E-state index is 9.82. The first-order valence-corrected chi connectivity index (χ1v) is 8.03. The molecule has 5 heteroatoms. The molecule has 0 aromatic heterocycles. The van der Waals surface area contributed by atoms with E-state index in [0.29, 0.717) is 18.4 Å². The van der Waals surface area contributed by atoms with Crippen molar-refractivity contribution in [1.29, 1.82) is 0 Å². The third-order valence-corrected chi connectivity index (χ3v) is 3.84. The van der Waals surface area contributed by atoms with Crippen LogP contribution in [0.15, 0.2) is 17.1 Å². The largest absolute Gasteiger partial charge is 0.507 e. The summed E-state index contributed by atoms with van der Waals surface area (Å²) in [4.78, 5) is 4.61. The van der Waals surface area contributed by atoms with Crippen molar-refractivity contribution in [2.45, 2.75) is 46.3 Å². The summed E-state index contributed by atoms with van der Waals surface area (Å²) in [6, 6.07) is 3.96. The van der Waals surface area contributed by atoms with Gasteiger partial charge in [0.2, 0.25) is 0 Å². The smallest absolute Gasteiger partial charge is 0.191 e. The van der Waals surface area contributed by atoms with Crippen molar-refractivity contribution < 1.29 is 9.84 Å². The number of aromatic hydroxyl groups is 1. The van der Waals surface area contributed by atoms with Gasteiger partial charge in [-0.1, -0.05) is 12.1 Å². The standard InChI is InChI=1S/C17H27N3O2/c1-4-18-17(20-11-15-6-5-7-22-15)19-10-14-8-12(2)16(21)13(3)9-14/h8-9,15,21H,4-7,10-11H2,1-3H3,(H2,18,19,20). The van der Waals surface area contributed by atoms with E-state index in [1.807, 2.05) is 26.0 Å². The minimum atomic E-state index is 0.294. The minimum absolute atomic E-state index is 0.294. The summed E-state index contributed by atoms with van der Waals surface area (Å²) in [5, 5.41) is 16.4. The quantitative estimate of drug-likeness (QED) is 0.576. The molecule has 0 saturated carbocycles. The summed E-state index contributed by atoms with van der Waals surface area (Å²) < 4.78 is 5.62. The summed E-state index contributed by atoms with van der Waals surface area (Å²) in [5.41, 5.74) is 2.88. The average Bonchev–Trinajstić information content (AvgIpc) is 3.01. The Morgan fingerprint density at radius 2 is 2.05 bits per heavy atom. The Bertz CT molecular complexity index is 500. The molecule has 1 aromatic carbocycles. The molecule has 22 heavy (non-hydrogen) atoms. The van der Waals surface area contributed by atoms with Crippen molar-refractivity contribution in [3.63, 3.8) is 0 Å². The molecule has 0 spiro atoms. The van der Waals surface area contributed by atoms with Crippen LogP contribution in [0.2, 0.25) is 0 Å². The van der Waals surface area contributed by atoms with Crippen LogP contribution < -0.4 is 10.6 Å². The summed E-state index contributed by atoms with van der Waals surface area (Å²) in [6.45, 7) is 8.95. The number of hydrogen-bond donors (Lipinski definition) is 3. The van der Waals surface area contributed by atoms with Crippen LogP contribution in [-0.4, -0.2) is 36.9 Å². The van der Waals surface area contributed by atoms with Crippen LogP contribution in [-0.2, 0) is 11.3 Å². The van der Waals surface area contributed by atoms with E-state index in [0.717, 1.165) is 55.2 Å². The SMILES string of the molecule is CCNC(=NCc1cc(C)c(O)c(C)c1)NCC1CCCO1. The van der Waals surface area contributed by atoms with Gasteiger partial charge in [0.15, 0.2) is 5.96 Å². The van der Waals surface area contributed by atoms with Crippen molar-refractivity contribution in [3.8, 4) is 5.75 Å². The van der Waals surface area contributed by atoms with Crippen LogP contribution in [0.25, 0.3) is 0 Å². The molecule has 1 fully saturated rings. The number of phenolic OH excluding ortho intramolecular Hbond substituents is 1. The zero-order valence-corrected chi connectivity index (χ0v) is 13.8. The van der Waals surface area contributed by atoms with Crippen LogP contribution in [0.4, 0.5) is 0 Å². The number of nitrogens with one attached hydrogen (secondary N) is 2. The van der Waals surface area contributed by atoms with Crippen LogP contribution in [0.1, 0.15) is 36.5 Å². The Labute approximate surface area is 132 Å².